The van der Waals surface area contributed by atoms with E-state index < -0.39 is 24.6 Å². The van der Waals surface area contributed by atoms with Gasteiger partial charge in [0.25, 0.3) is 11.8 Å². The zero-order valence-electron chi connectivity index (χ0n) is 16.1. The fourth-order valence-electron chi connectivity index (χ4n) is 2.92. The normalized spacial score (nSPS) is 15.3. The van der Waals surface area contributed by atoms with Crippen LogP contribution in [0.3, 0.4) is 0 Å². The highest BCUT2D eigenvalue weighted by Crippen LogP contribution is 2.33. The number of carbonyl (C=O) groups excluding carboxylic acids is 3. The van der Waals surface area contributed by atoms with E-state index in [1.165, 1.54) is 4.90 Å². The number of halogens is 1. The van der Waals surface area contributed by atoms with E-state index in [-0.39, 0.29) is 18.9 Å². The smallest absolute Gasteiger partial charge is 0.308 e. The highest BCUT2D eigenvalue weighted by Gasteiger charge is 2.31. The highest BCUT2D eigenvalue weighted by atomic mass is 79.9. The number of esters is 1. The van der Waals surface area contributed by atoms with Crippen molar-refractivity contribution in [2.24, 2.45) is 0 Å². The van der Waals surface area contributed by atoms with Crippen LogP contribution in [0.5, 0.6) is 5.75 Å². The fourth-order valence-corrected chi connectivity index (χ4v) is 3.51. The molecule has 1 aliphatic heterocycles. The standard InChI is InChI=1S/C21H21BrN2O5/c1-13-7-8-16(15(22)11-13)23-19(25)12-28-20(26)9-10-24-17-5-3-4-6-18(17)29-14(2)21(24)27/h3-8,11,14H,9-10,12H2,1-2H3,(H,23,25). The molecule has 0 aromatic heterocycles. The maximum Gasteiger partial charge on any atom is 0.308 e. The van der Waals surface area contributed by atoms with Gasteiger partial charge in [-0.2, -0.15) is 0 Å². The quantitative estimate of drug-likeness (QED) is 0.667. The lowest BCUT2D eigenvalue weighted by Crippen LogP contribution is -2.45. The summed E-state index contributed by atoms with van der Waals surface area (Å²) in [6, 6.07) is 12.7. The van der Waals surface area contributed by atoms with Crippen molar-refractivity contribution >= 4 is 45.1 Å². The number of carbonyl (C=O) groups is 3. The van der Waals surface area contributed by atoms with E-state index in [4.69, 9.17) is 9.47 Å². The minimum atomic E-state index is -0.625. The van der Waals surface area contributed by atoms with Gasteiger partial charge in [-0.3, -0.25) is 14.4 Å². The summed E-state index contributed by atoms with van der Waals surface area (Å²) in [5.41, 5.74) is 2.27. The van der Waals surface area contributed by atoms with E-state index in [0.29, 0.717) is 17.1 Å². The Balaban J connectivity index is 1.51. The van der Waals surface area contributed by atoms with Crippen LogP contribution in [0.1, 0.15) is 18.9 Å². The fraction of sp³-hybridized carbons (Fsp3) is 0.286. The lowest BCUT2D eigenvalue weighted by Gasteiger charge is -2.32. The van der Waals surface area contributed by atoms with E-state index in [0.717, 1.165) is 10.0 Å². The first kappa shape index (κ1) is 20.9. The lowest BCUT2D eigenvalue weighted by atomic mass is 10.2. The van der Waals surface area contributed by atoms with Crippen LogP contribution in [0.4, 0.5) is 11.4 Å². The number of benzene rings is 2. The van der Waals surface area contributed by atoms with Gasteiger partial charge in [0.1, 0.15) is 5.75 Å². The number of para-hydroxylation sites is 2. The number of fused-ring (bicyclic) bond motifs is 1. The molecule has 1 unspecified atom stereocenters. The summed E-state index contributed by atoms with van der Waals surface area (Å²) in [5, 5.41) is 2.68. The average molecular weight is 461 g/mol. The van der Waals surface area contributed by atoms with E-state index >= 15 is 0 Å². The number of anilines is 2. The molecule has 0 aliphatic carbocycles. The molecule has 0 saturated heterocycles. The van der Waals surface area contributed by atoms with Gasteiger partial charge in [0.2, 0.25) is 0 Å². The van der Waals surface area contributed by atoms with Crippen molar-refractivity contribution < 1.29 is 23.9 Å². The topological polar surface area (TPSA) is 84.9 Å². The van der Waals surface area contributed by atoms with Crippen LogP contribution >= 0.6 is 15.9 Å². The molecule has 1 N–H and O–H groups in total. The molecule has 1 atom stereocenters. The number of ether oxygens (including phenoxy) is 2. The molecule has 2 aromatic rings. The molecule has 3 rings (SSSR count). The Morgan fingerprint density at radius 2 is 2.00 bits per heavy atom. The molecule has 0 saturated carbocycles. The Bertz CT molecular complexity index is 946. The van der Waals surface area contributed by atoms with Crippen molar-refractivity contribution in [3.63, 3.8) is 0 Å². The SMILES string of the molecule is Cc1ccc(NC(=O)COC(=O)CCN2C(=O)C(C)Oc3ccccc32)c(Br)c1. The van der Waals surface area contributed by atoms with Crippen molar-refractivity contribution in [2.75, 3.05) is 23.4 Å². The summed E-state index contributed by atoms with van der Waals surface area (Å²) in [6.07, 6.45) is -0.659. The van der Waals surface area contributed by atoms with Crippen molar-refractivity contribution in [3.8, 4) is 5.75 Å². The Morgan fingerprint density at radius 3 is 2.76 bits per heavy atom. The number of nitrogens with zero attached hydrogens (tertiary/aromatic N) is 1. The van der Waals surface area contributed by atoms with Gasteiger partial charge in [0.15, 0.2) is 12.7 Å². The number of nitrogens with one attached hydrogen (secondary N) is 1. The molecule has 152 valence electrons. The maximum absolute atomic E-state index is 12.4. The first-order valence-corrected chi connectivity index (χ1v) is 9.93. The Labute approximate surface area is 177 Å². The number of hydrogen-bond acceptors (Lipinski definition) is 5. The third-order valence-electron chi connectivity index (χ3n) is 4.38. The summed E-state index contributed by atoms with van der Waals surface area (Å²) in [5.74, 6) is -0.633. The van der Waals surface area contributed by atoms with Crippen LogP contribution in [0, 0.1) is 6.92 Å². The summed E-state index contributed by atoms with van der Waals surface area (Å²) in [7, 11) is 0. The molecular formula is C21H21BrN2O5. The third-order valence-corrected chi connectivity index (χ3v) is 5.03. The zero-order valence-corrected chi connectivity index (χ0v) is 17.7. The van der Waals surface area contributed by atoms with Gasteiger partial charge >= 0.3 is 5.97 Å². The summed E-state index contributed by atoms with van der Waals surface area (Å²) in [6.45, 7) is 3.35. The van der Waals surface area contributed by atoms with Gasteiger partial charge in [0, 0.05) is 11.0 Å². The molecule has 0 radical (unpaired) electrons. The minimum Gasteiger partial charge on any atom is -0.479 e. The molecular weight excluding hydrogens is 440 g/mol. The second kappa shape index (κ2) is 9.09. The summed E-state index contributed by atoms with van der Waals surface area (Å²) >= 11 is 3.38. The van der Waals surface area contributed by atoms with Crippen LogP contribution < -0.4 is 15.0 Å². The van der Waals surface area contributed by atoms with Crippen molar-refractivity contribution in [1.29, 1.82) is 0 Å². The largest absolute Gasteiger partial charge is 0.479 e. The van der Waals surface area contributed by atoms with E-state index in [2.05, 4.69) is 21.2 Å². The van der Waals surface area contributed by atoms with Crippen LogP contribution in [0.15, 0.2) is 46.9 Å². The van der Waals surface area contributed by atoms with Gasteiger partial charge in [0.05, 0.1) is 17.8 Å². The molecule has 2 amide bonds. The van der Waals surface area contributed by atoms with Gasteiger partial charge < -0.3 is 19.7 Å². The predicted octanol–water partition coefficient (Wildman–Crippen LogP) is 3.44. The molecule has 7 nitrogen and oxygen atoms in total. The van der Waals surface area contributed by atoms with Crippen LogP contribution in [-0.2, 0) is 19.1 Å². The molecule has 8 heteroatoms. The average Bonchev–Trinajstić information content (AvgIpc) is 2.69. The highest BCUT2D eigenvalue weighted by molar-refractivity contribution is 9.10. The van der Waals surface area contributed by atoms with Gasteiger partial charge in [-0.25, -0.2) is 0 Å². The van der Waals surface area contributed by atoms with Gasteiger partial charge in [-0.15, -0.1) is 0 Å². The van der Waals surface area contributed by atoms with E-state index in [1.54, 1.807) is 31.2 Å². The number of rotatable bonds is 6. The number of amides is 2. The molecule has 0 fully saturated rings. The van der Waals surface area contributed by atoms with Crippen molar-refractivity contribution in [1.82, 2.24) is 0 Å². The molecule has 29 heavy (non-hydrogen) atoms. The third kappa shape index (κ3) is 5.14. The Kier molecular flexibility index (Phi) is 6.53. The molecule has 0 spiro atoms. The number of hydrogen-bond donors (Lipinski definition) is 1. The van der Waals surface area contributed by atoms with Crippen molar-refractivity contribution in [3.05, 3.63) is 52.5 Å². The second-order valence-electron chi connectivity index (χ2n) is 6.66. The van der Waals surface area contributed by atoms with Crippen molar-refractivity contribution in [2.45, 2.75) is 26.4 Å². The zero-order chi connectivity index (χ0) is 21.0. The Hall–Kier alpha value is -2.87. The van der Waals surface area contributed by atoms with E-state index in [9.17, 15) is 14.4 Å². The van der Waals surface area contributed by atoms with Crippen LogP contribution in [-0.4, -0.2) is 37.0 Å². The molecule has 2 aromatic carbocycles. The maximum atomic E-state index is 12.4. The summed E-state index contributed by atoms with van der Waals surface area (Å²) in [4.78, 5) is 38.0. The Morgan fingerprint density at radius 1 is 1.24 bits per heavy atom. The molecule has 1 heterocycles. The minimum absolute atomic E-state index is 0.0334. The molecule has 0 bridgehead atoms. The monoisotopic (exact) mass is 460 g/mol. The molecule has 1 aliphatic rings. The lowest BCUT2D eigenvalue weighted by molar-refractivity contribution is -0.147. The van der Waals surface area contributed by atoms with E-state index in [1.807, 2.05) is 25.1 Å². The van der Waals surface area contributed by atoms with Crippen LogP contribution in [0.2, 0.25) is 0 Å². The first-order chi connectivity index (χ1) is 13.8. The summed E-state index contributed by atoms with van der Waals surface area (Å²) < 4.78 is 11.4. The van der Waals surface area contributed by atoms with Gasteiger partial charge in [-0.05, 0) is 59.6 Å². The number of aryl methyl sites for hydroxylation is 1. The first-order valence-electron chi connectivity index (χ1n) is 9.14. The predicted molar refractivity (Wildman–Crippen MR) is 112 cm³/mol. The van der Waals surface area contributed by atoms with Crippen LogP contribution in [0.25, 0.3) is 0 Å². The van der Waals surface area contributed by atoms with Gasteiger partial charge in [-0.1, -0.05) is 18.2 Å². The second-order valence-corrected chi connectivity index (χ2v) is 7.51.